The highest BCUT2D eigenvalue weighted by atomic mass is 35.5. The van der Waals surface area contributed by atoms with E-state index in [1.54, 1.807) is 7.11 Å². The van der Waals surface area contributed by atoms with Crippen LogP contribution < -0.4 is 4.74 Å². The number of hydrogen-bond acceptors (Lipinski definition) is 3. The average molecular weight is 294 g/mol. The third-order valence-corrected chi connectivity index (χ3v) is 4.46. The molecule has 1 aromatic heterocycles. The molecule has 2 heterocycles. The summed E-state index contributed by atoms with van der Waals surface area (Å²) < 4.78 is 7.57. The quantitative estimate of drug-likeness (QED) is 0.812. The molecule has 1 unspecified atom stereocenters. The molecule has 108 valence electrons. The molecule has 0 N–H and O–H groups in total. The fourth-order valence-electron chi connectivity index (χ4n) is 3.01. The number of rotatable bonds is 4. The van der Waals surface area contributed by atoms with Crippen molar-refractivity contribution in [1.82, 2.24) is 14.5 Å². The molecule has 20 heavy (non-hydrogen) atoms. The zero-order valence-electron chi connectivity index (χ0n) is 12.0. The zero-order chi connectivity index (χ0) is 14.1. The Balaban J connectivity index is 2.01. The van der Waals surface area contributed by atoms with E-state index in [1.165, 1.54) is 19.4 Å². The minimum absolute atomic E-state index is 0.438. The summed E-state index contributed by atoms with van der Waals surface area (Å²) in [6.45, 7) is 2.12. The molecule has 0 saturated carbocycles. The van der Waals surface area contributed by atoms with Crippen LogP contribution in [0, 0.1) is 0 Å². The first-order chi connectivity index (χ1) is 9.72. The highest BCUT2D eigenvalue weighted by molar-refractivity contribution is 6.16. The van der Waals surface area contributed by atoms with Gasteiger partial charge in [0, 0.05) is 18.7 Å². The largest absolute Gasteiger partial charge is 0.497 e. The number of nitrogens with zero attached hydrogens (tertiary/aromatic N) is 3. The van der Waals surface area contributed by atoms with Crippen LogP contribution in [-0.4, -0.2) is 41.2 Å². The topological polar surface area (TPSA) is 30.3 Å². The molecule has 2 aromatic rings. The van der Waals surface area contributed by atoms with E-state index in [0.29, 0.717) is 11.9 Å². The summed E-state index contributed by atoms with van der Waals surface area (Å²) in [5, 5.41) is 0. The normalized spacial score (nSPS) is 19.9. The van der Waals surface area contributed by atoms with Crippen molar-refractivity contribution in [2.45, 2.75) is 31.3 Å². The molecule has 4 nitrogen and oxygen atoms in total. The smallest absolute Gasteiger partial charge is 0.124 e. The molecular weight excluding hydrogens is 274 g/mol. The molecule has 0 aliphatic carbocycles. The Kier molecular flexibility index (Phi) is 3.85. The van der Waals surface area contributed by atoms with Crippen molar-refractivity contribution in [2.75, 3.05) is 20.7 Å². The summed E-state index contributed by atoms with van der Waals surface area (Å²) in [6, 6.07) is 6.56. The van der Waals surface area contributed by atoms with E-state index < -0.39 is 0 Å². The lowest BCUT2D eigenvalue weighted by Gasteiger charge is -2.21. The van der Waals surface area contributed by atoms with Gasteiger partial charge in [0.25, 0.3) is 0 Å². The Labute approximate surface area is 124 Å². The molecular formula is C15H20ClN3O. The number of likely N-dealkylation sites (N-methyl/N-ethyl adjacent to an activating group) is 1. The van der Waals surface area contributed by atoms with Gasteiger partial charge in [-0.15, -0.1) is 11.6 Å². The molecule has 0 spiro atoms. The Hall–Kier alpha value is -1.26. The second-order valence-electron chi connectivity index (χ2n) is 5.40. The van der Waals surface area contributed by atoms with E-state index in [-0.39, 0.29) is 0 Å². The molecule has 1 fully saturated rings. The molecule has 1 saturated heterocycles. The van der Waals surface area contributed by atoms with Gasteiger partial charge in [0.05, 0.1) is 24.0 Å². The lowest BCUT2D eigenvalue weighted by molar-refractivity contribution is 0.282. The first-order valence-corrected chi connectivity index (χ1v) is 7.55. The number of likely N-dealkylation sites (tertiary alicyclic amines) is 1. The standard InChI is InChI=1S/C15H20ClN3O/c1-18-7-3-4-11(18)10-19-14-8-12(20-2)5-6-13(14)17-15(19)9-16/h5-6,8,11H,3-4,7,9-10H2,1-2H3. The van der Waals surface area contributed by atoms with E-state index in [0.717, 1.165) is 29.2 Å². The first kappa shape index (κ1) is 13.7. The summed E-state index contributed by atoms with van der Waals surface area (Å²) in [7, 11) is 3.88. The number of benzene rings is 1. The number of hydrogen-bond donors (Lipinski definition) is 0. The van der Waals surface area contributed by atoms with Gasteiger partial charge in [-0.3, -0.25) is 0 Å². The monoisotopic (exact) mass is 293 g/mol. The molecule has 0 bridgehead atoms. The van der Waals surface area contributed by atoms with Gasteiger partial charge in [-0.25, -0.2) is 4.98 Å². The van der Waals surface area contributed by atoms with Crippen molar-refractivity contribution in [3.63, 3.8) is 0 Å². The summed E-state index contributed by atoms with van der Waals surface area (Å²) in [6.07, 6.45) is 2.51. The predicted octanol–water partition coefficient (Wildman–Crippen LogP) is 2.88. The molecule has 0 radical (unpaired) electrons. The van der Waals surface area contributed by atoms with Crippen molar-refractivity contribution in [1.29, 1.82) is 0 Å². The van der Waals surface area contributed by atoms with Gasteiger partial charge in [0.15, 0.2) is 0 Å². The SMILES string of the molecule is COc1ccc2nc(CCl)n(CC3CCCN3C)c2c1. The molecule has 1 aromatic carbocycles. The maximum absolute atomic E-state index is 6.07. The van der Waals surface area contributed by atoms with E-state index in [4.69, 9.17) is 16.3 Å². The number of ether oxygens (including phenoxy) is 1. The number of fused-ring (bicyclic) bond motifs is 1. The molecule has 5 heteroatoms. The van der Waals surface area contributed by atoms with E-state index in [2.05, 4.69) is 21.5 Å². The van der Waals surface area contributed by atoms with E-state index in [9.17, 15) is 0 Å². The minimum Gasteiger partial charge on any atom is -0.497 e. The minimum atomic E-state index is 0.438. The maximum Gasteiger partial charge on any atom is 0.124 e. The average Bonchev–Trinajstić information content (AvgIpc) is 3.03. The number of aromatic nitrogens is 2. The fraction of sp³-hybridized carbons (Fsp3) is 0.533. The number of halogens is 1. The second kappa shape index (κ2) is 5.62. The number of alkyl halides is 1. The van der Waals surface area contributed by atoms with Crippen LogP contribution >= 0.6 is 11.6 Å². The van der Waals surface area contributed by atoms with Crippen molar-refractivity contribution in [3.05, 3.63) is 24.0 Å². The number of methoxy groups -OCH3 is 1. The van der Waals surface area contributed by atoms with Gasteiger partial charge in [-0.2, -0.15) is 0 Å². The summed E-state index contributed by atoms with van der Waals surface area (Å²) in [4.78, 5) is 7.05. The Morgan fingerprint density at radius 2 is 2.30 bits per heavy atom. The highest BCUT2D eigenvalue weighted by Gasteiger charge is 2.23. The maximum atomic E-state index is 6.07. The van der Waals surface area contributed by atoms with Gasteiger partial charge in [0.1, 0.15) is 11.6 Å². The lowest BCUT2D eigenvalue weighted by Crippen LogP contribution is -2.29. The van der Waals surface area contributed by atoms with Crippen LogP contribution in [0.25, 0.3) is 11.0 Å². The van der Waals surface area contributed by atoms with Crippen molar-refractivity contribution < 1.29 is 4.74 Å². The first-order valence-electron chi connectivity index (χ1n) is 7.02. The van der Waals surface area contributed by atoms with Gasteiger partial charge in [0.2, 0.25) is 0 Å². The van der Waals surface area contributed by atoms with Gasteiger partial charge in [-0.05, 0) is 38.6 Å². The van der Waals surface area contributed by atoms with E-state index >= 15 is 0 Å². The van der Waals surface area contributed by atoms with Crippen LogP contribution in [0.4, 0.5) is 0 Å². The molecule has 1 atom stereocenters. The third-order valence-electron chi connectivity index (χ3n) is 4.22. The van der Waals surface area contributed by atoms with Crippen LogP contribution in [0.15, 0.2) is 18.2 Å². The number of imidazole rings is 1. The van der Waals surface area contributed by atoms with Gasteiger partial charge >= 0.3 is 0 Å². The highest BCUT2D eigenvalue weighted by Crippen LogP contribution is 2.25. The van der Waals surface area contributed by atoms with Gasteiger partial charge in [-0.1, -0.05) is 0 Å². The summed E-state index contributed by atoms with van der Waals surface area (Å²) >= 11 is 6.07. The lowest BCUT2D eigenvalue weighted by atomic mass is 10.2. The third kappa shape index (κ3) is 2.38. The van der Waals surface area contributed by atoms with Crippen LogP contribution in [0.2, 0.25) is 0 Å². The Morgan fingerprint density at radius 1 is 1.45 bits per heavy atom. The second-order valence-corrected chi connectivity index (χ2v) is 5.67. The predicted molar refractivity (Wildman–Crippen MR) is 81.5 cm³/mol. The van der Waals surface area contributed by atoms with Crippen molar-refractivity contribution in [3.8, 4) is 5.75 Å². The van der Waals surface area contributed by atoms with E-state index in [1.807, 2.05) is 18.2 Å². The van der Waals surface area contributed by atoms with Gasteiger partial charge < -0.3 is 14.2 Å². The Bertz CT molecular complexity index is 610. The van der Waals surface area contributed by atoms with Crippen molar-refractivity contribution >= 4 is 22.6 Å². The fourth-order valence-corrected chi connectivity index (χ4v) is 3.21. The molecule has 1 aliphatic rings. The van der Waals surface area contributed by atoms with Crippen LogP contribution in [-0.2, 0) is 12.4 Å². The zero-order valence-corrected chi connectivity index (χ0v) is 12.7. The molecule has 0 amide bonds. The summed E-state index contributed by atoms with van der Waals surface area (Å²) in [5.41, 5.74) is 2.10. The Morgan fingerprint density at radius 3 is 2.95 bits per heavy atom. The summed E-state index contributed by atoms with van der Waals surface area (Å²) in [5.74, 6) is 2.24. The molecule has 1 aliphatic heterocycles. The molecule has 3 rings (SSSR count). The van der Waals surface area contributed by atoms with Crippen LogP contribution in [0.1, 0.15) is 18.7 Å². The van der Waals surface area contributed by atoms with Crippen molar-refractivity contribution in [2.24, 2.45) is 0 Å². The van der Waals surface area contributed by atoms with Crippen LogP contribution in [0.5, 0.6) is 5.75 Å². The van der Waals surface area contributed by atoms with Crippen LogP contribution in [0.3, 0.4) is 0 Å².